The van der Waals surface area contributed by atoms with Gasteiger partial charge in [-0.1, -0.05) is 11.6 Å². The molecule has 5 nitrogen and oxygen atoms in total. The minimum atomic E-state index is -0.415. The van der Waals surface area contributed by atoms with Crippen LogP contribution in [0.25, 0.3) is 0 Å². The Bertz CT molecular complexity index is 463. The number of benzene rings is 1. The zero-order chi connectivity index (χ0) is 14.6. The lowest BCUT2D eigenvalue weighted by Crippen LogP contribution is -2.38. The molecule has 0 unspecified atom stereocenters. The van der Waals surface area contributed by atoms with E-state index in [1.54, 1.807) is 6.07 Å². The molecule has 1 aromatic rings. The molecule has 19 heavy (non-hydrogen) atoms. The number of phenols is 1. The molecule has 1 aromatic carbocycles. The topological polar surface area (TPSA) is 75.8 Å². The molecule has 0 spiro atoms. The van der Waals surface area contributed by atoms with Gasteiger partial charge in [0, 0.05) is 29.2 Å². The predicted molar refractivity (Wildman–Crippen MR) is 74.4 cm³/mol. The van der Waals surface area contributed by atoms with Crippen LogP contribution in [0.4, 0.5) is 0 Å². The van der Waals surface area contributed by atoms with E-state index in [-0.39, 0.29) is 18.3 Å². The molecule has 6 heteroatoms. The van der Waals surface area contributed by atoms with Crippen molar-refractivity contribution in [3.63, 3.8) is 0 Å². The van der Waals surface area contributed by atoms with Crippen LogP contribution in [0.5, 0.6) is 11.5 Å². The highest BCUT2D eigenvalue weighted by Crippen LogP contribution is 2.34. The molecular weight excluding hydrogens is 268 g/mol. The number of methoxy groups -OCH3 is 1. The van der Waals surface area contributed by atoms with Crippen molar-refractivity contribution in [2.75, 3.05) is 13.7 Å². The van der Waals surface area contributed by atoms with Gasteiger partial charge in [-0.3, -0.25) is 9.69 Å². The summed E-state index contributed by atoms with van der Waals surface area (Å²) in [4.78, 5) is 12.9. The normalized spacial score (nSPS) is 11.1. The van der Waals surface area contributed by atoms with E-state index in [2.05, 4.69) is 0 Å². The van der Waals surface area contributed by atoms with Gasteiger partial charge in [-0.25, -0.2) is 0 Å². The highest BCUT2D eigenvalue weighted by molar-refractivity contribution is 6.30. The summed E-state index contributed by atoms with van der Waals surface area (Å²) < 4.78 is 5.05. The van der Waals surface area contributed by atoms with Gasteiger partial charge in [-0.05, 0) is 19.9 Å². The number of ether oxygens (including phenoxy) is 1. The number of phenolic OH excluding ortho intramolecular Hbond substituents is 1. The number of carbonyl (C=O) groups is 1. The Morgan fingerprint density at radius 3 is 2.63 bits per heavy atom. The smallest absolute Gasteiger partial charge is 0.231 e. The molecule has 0 saturated carbocycles. The van der Waals surface area contributed by atoms with Crippen molar-refractivity contribution in [1.29, 1.82) is 0 Å². The lowest BCUT2D eigenvalue weighted by molar-refractivity contribution is -0.119. The molecule has 0 heterocycles. The Morgan fingerprint density at radius 2 is 2.16 bits per heavy atom. The molecule has 0 aromatic heterocycles. The molecule has 1 rings (SSSR count). The number of rotatable bonds is 6. The van der Waals surface area contributed by atoms with Crippen LogP contribution in [0.2, 0.25) is 5.02 Å². The van der Waals surface area contributed by atoms with Gasteiger partial charge in [0.05, 0.1) is 13.7 Å². The zero-order valence-electron chi connectivity index (χ0n) is 11.3. The van der Waals surface area contributed by atoms with Crippen LogP contribution < -0.4 is 10.5 Å². The van der Waals surface area contributed by atoms with E-state index in [1.165, 1.54) is 13.2 Å². The highest BCUT2D eigenvalue weighted by Gasteiger charge is 2.17. The monoisotopic (exact) mass is 286 g/mol. The number of amides is 1. The van der Waals surface area contributed by atoms with E-state index in [0.29, 0.717) is 22.9 Å². The van der Waals surface area contributed by atoms with E-state index in [1.807, 2.05) is 18.7 Å². The van der Waals surface area contributed by atoms with Crippen molar-refractivity contribution in [1.82, 2.24) is 4.90 Å². The lowest BCUT2D eigenvalue weighted by atomic mass is 10.1. The number of primary amides is 1. The Balaban J connectivity index is 3.02. The van der Waals surface area contributed by atoms with Gasteiger partial charge in [0.2, 0.25) is 5.91 Å². The second-order valence-electron chi connectivity index (χ2n) is 4.58. The number of hydrogen-bond acceptors (Lipinski definition) is 4. The summed E-state index contributed by atoms with van der Waals surface area (Å²) in [6.07, 6.45) is 0. The standard InChI is InChI=1S/C13H19ClN2O3/c1-8(2)16(7-12(15)17)6-9-4-10(14)5-11(19-3)13(9)18/h4-5,8,18H,6-7H2,1-3H3,(H2,15,17). The maximum absolute atomic E-state index is 11.0. The Morgan fingerprint density at radius 1 is 1.53 bits per heavy atom. The number of aromatic hydroxyl groups is 1. The van der Waals surface area contributed by atoms with Crippen molar-refractivity contribution in [3.8, 4) is 11.5 Å². The summed E-state index contributed by atoms with van der Waals surface area (Å²) >= 11 is 5.97. The first-order valence-electron chi connectivity index (χ1n) is 5.92. The van der Waals surface area contributed by atoms with Crippen LogP contribution in [0.1, 0.15) is 19.4 Å². The van der Waals surface area contributed by atoms with Gasteiger partial charge in [0.1, 0.15) is 0 Å². The average Bonchev–Trinajstić information content (AvgIpc) is 2.31. The summed E-state index contributed by atoms with van der Waals surface area (Å²) in [6, 6.07) is 3.29. The molecule has 0 saturated heterocycles. The van der Waals surface area contributed by atoms with Crippen molar-refractivity contribution in [2.45, 2.75) is 26.4 Å². The summed E-state index contributed by atoms with van der Waals surface area (Å²) in [6.45, 7) is 4.37. The van der Waals surface area contributed by atoms with Crippen LogP contribution in [0, 0.1) is 0 Å². The number of nitrogens with two attached hydrogens (primary N) is 1. The van der Waals surface area contributed by atoms with E-state index >= 15 is 0 Å². The van der Waals surface area contributed by atoms with Gasteiger partial charge in [0.15, 0.2) is 11.5 Å². The van der Waals surface area contributed by atoms with Crippen LogP contribution >= 0.6 is 11.6 Å². The van der Waals surface area contributed by atoms with Gasteiger partial charge >= 0.3 is 0 Å². The molecule has 106 valence electrons. The number of hydrogen-bond donors (Lipinski definition) is 2. The van der Waals surface area contributed by atoms with E-state index in [4.69, 9.17) is 22.1 Å². The molecule has 0 radical (unpaired) electrons. The molecule has 0 atom stereocenters. The molecule has 0 bridgehead atoms. The summed E-state index contributed by atoms with van der Waals surface area (Å²) in [7, 11) is 1.46. The Labute approximate surface area is 117 Å². The van der Waals surface area contributed by atoms with Crippen molar-refractivity contribution >= 4 is 17.5 Å². The highest BCUT2D eigenvalue weighted by atomic mass is 35.5. The van der Waals surface area contributed by atoms with E-state index < -0.39 is 5.91 Å². The molecule has 0 aliphatic rings. The largest absolute Gasteiger partial charge is 0.504 e. The minimum absolute atomic E-state index is 0.0296. The number of carbonyl (C=O) groups excluding carboxylic acids is 1. The number of halogens is 1. The van der Waals surface area contributed by atoms with Crippen molar-refractivity contribution in [3.05, 3.63) is 22.7 Å². The fourth-order valence-corrected chi connectivity index (χ4v) is 1.98. The second-order valence-corrected chi connectivity index (χ2v) is 5.02. The predicted octanol–water partition coefficient (Wildman–Crippen LogP) is 1.75. The SMILES string of the molecule is COc1cc(Cl)cc(CN(CC(N)=O)C(C)C)c1O. The van der Waals surface area contributed by atoms with E-state index in [0.717, 1.165) is 0 Å². The second kappa shape index (κ2) is 6.63. The van der Waals surface area contributed by atoms with Gasteiger partial charge in [0.25, 0.3) is 0 Å². The third kappa shape index (κ3) is 4.29. The maximum atomic E-state index is 11.0. The Hall–Kier alpha value is -1.46. The maximum Gasteiger partial charge on any atom is 0.231 e. The molecule has 0 fully saturated rings. The minimum Gasteiger partial charge on any atom is -0.504 e. The summed E-state index contributed by atoms with van der Waals surface area (Å²) in [5.41, 5.74) is 5.81. The molecule has 0 aliphatic heterocycles. The van der Waals surface area contributed by atoms with Crippen molar-refractivity contribution in [2.24, 2.45) is 5.73 Å². The summed E-state index contributed by atoms with van der Waals surface area (Å²) in [5, 5.41) is 10.5. The van der Waals surface area contributed by atoms with Crippen LogP contribution in [-0.2, 0) is 11.3 Å². The molecular formula is C13H19ClN2O3. The average molecular weight is 287 g/mol. The lowest BCUT2D eigenvalue weighted by Gasteiger charge is -2.25. The first kappa shape index (κ1) is 15.6. The third-order valence-electron chi connectivity index (χ3n) is 2.80. The number of nitrogens with zero attached hydrogens (tertiary/aromatic N) is 1. The van der Waals surface area contributed by atoms with Crippen LogP contribution in [0.15, 0.2) is 12.1 Å². The first-order chi connectivity index (χ1) is 8.85. The van der Waals surface area contributed by atoms with E-state index in [9.17, 15) is 9.90 Å². The third-order valence-corrected chi connectivity index (χ3v) is 3.02. The Kier molecular flexibility index (Phi) is 5.44. The quantitative estimate of drug-likeness (QED) is 0.835. The molecule has 0 aliphatic carbocycles. The molecule has 1 amide bonds. The van der Waals surface area contributed by atoms with Gasteiger partial charge in [-0.15, -0.1) is 0 Å². The zero-order valence-corrected chi connectivity index (χ0v) is 12.1. The van der Waals surface area contributed by atoms with Crippen molar-refractivity contribution < 1.29 is 14.6 Å². The fraction of sp³-hybridized carbons (Fsp3) is 0.462. The first-order valence-corrected chi connectivity index (χ1v) is 6.30. The van der Waals surface area contributed by atoms with Crippen LogP contribution in [-0.4, -0.2) is 35.6 Å². The fourth-order valence-electron chi connectivity index (χ4n) is 1.74. The van der Waals surface area contributed by atoms with Crippen LogP contribution in [0.3, 0.4) is 0 Å². The van der Waals surface area contributed by atoms with Gasteiger partial charge < -0.3 is 15.6 Å². The summed E-state index contributed by atoms with van der Waals surface area (Å²) in [5.74, 6) is -0.0746. The molecule has 3 N–H and O–H groups in total. The van der Waals surface area contributed by atoms with Gasteiger partial charge in [-0.2, -0.15) is 0 Å².